The summed E-state index contributed by atoms with van der Waals surface area (Å²) in [6.45, 7) is 2.17. The predicted molar refractivity (Wildman–Crippen MR) is 42.8 cm³/mol. The Morgan fingerprint density at radius 1 is 1.60 bits per heavy atom. The first-order valence-electron chi connectivity index (χ1n) is 3.80. The topological polar surface area (TPSA) is 58.3 Å². The van der Waals surface area contributed by atoms with Crippen molar-refractivity contribution < 1.29 is 5.11 Å². The van der Waals surface area contributed by atoms with E-state index in [2.05, 4.69) is 12.2 Å². The summed E-state index contributed by atoms with van der Waals surface area (Å²) in [7, 11) is 1.87. The van der Waals surface area contributed by atoms with E-state index in [1.54, 1.807) is 0 Å². The monoisotopic (exact) mass is 146 g/mol. The number of rotatable bonds is 5. The third kappa shape index (κ3) is 3.15. The highest BCUT2D eigenvalue weighted by Gasteiger charge is 2.12. The summed E-state index contributed by atoms with van der Waals surface area (Å²) in [6.07, 6.45) is 2.12. The summed E-state index contributed by atoms with van der Waals surface area (Å²) in [4.78, 5) is 0. The minimum atomic E-state index is -0.120. The number of aliphatic hydroxyl groups is 1. The van der Waals surface area contributed by atoms with Gasteiger partial charge in [-0.15, -0.1) is 0 Å². The van der Waals surface area contributed by atoms with Gasteiger partial charge in [-0.05, 0) is 13.5 Å². The highest BCUT2D eigenvalue weighted by molar-refractivity contribution is 4.76. The molecule has 0 spiro atoms. The zero-order valence-corrected chi connectivity index (χ0v) is 6.80. The van der Waals surface area contributed by atoms with Crippen LogP contribution in [0, 0.1) is 0 Å². The molecule has 62 valence electrons. The van der Waals surface area contributed by atoms with E-state index >= 15 is 0 Å². The van der Waals surface area contributed by atoms with Crippen LogP contribution in [0.1, 0.15) is 19.8 Å². The molecule has 0 amide bonds. The lowest BCUT2D eigenvalue weighted by atomic mass is 10.1. The second-order valence-electron chi connectivity index (χ2n) is 2.53. The normalized spacial score (nSPS) is 16.8. The summed E-state index contributed by atoms with van der Waals surface area (Å²) in [5.41, 5.74) is 5.60. The highest BCUT2D eigenvalue weighted by Crippen LogP contribution is 1.98. The maximum Gasteiger partial charge on any atom is 0.0597 e. The van der Waals surface area contributed by atoms with Crippen molar-refractivity contribution in [1.29, 1.82) is 0 Å². The van der Waals surface area contributed by atoms with Crippen LogP contribution in [0.15, 0.2) is 0 Å². The zero-order chi connectivity index (χ0) is 7.98. The summed E-state index contributed by atoms with van der Waals surface area (Å²) in [5.74, 6) is 0. The fourth-order valence-electron chi connectivity index (χ4n) is 1.01. The molecule has 0 aliphatic rings. The number of hydrogen-bond acceptors (Lipinski definition) is 3. The Morgan fingerprint density at radius 3 is 2.50 bits per heavy atom. The Bertz CT molecular complexity index is 78.0. The van der Waals surface area contributed by atoms with Crippen LogP contribution < -0.4 is 11.1 Å². The van der Waals surface area contributed by atoms with Crippen molar-refractivity contribution in [3.63, 3.8) is 0 Å². The standard InChI is InChI=1S/C7H18N2O/c1-3-4-7(9-2)6(8)5-10/h6-7,9-10H,3-5,8H2,1-2H3. The van der Waals surface area contributed by atoms with E-state index in [0.717, 1.165) is 12.8 Å². The summed E-state index contributed by atoms with van der Waals surface area (Å²) in [6, 6.07) is 0.139. The quantitative estimate of drug-likeness (QED) is 0.499. The van der Waals surface area contributed by atoms with Crippen molar-refractivity contribution in [2.24, 2.45) is 5.73 Å². The van der Waals surface area contributed by atoms with Gasteiger partial charge in [0.25, 0.3) is 0 Å². The molecule has 0 aliphatic carbocycles. The van der Waals surface area contributed by atoms with Crippen LogP contribution in [0.3, 0.4) is 0 Å². The molecule has 3 nitrogen and oxygen atoms in total. The van der Waals surface area contributed by atoms with Crippen LogP contribution in [0.5, 0.6) is 0 Å². The first-order valence-corrected chi connectivity index (χ1v) is 3.80. The van der Waals surface area contributed by atoms with Gasteiger partial charge in [-0.2, -0.15) is 0 Å². The largest absolute Gasteiger partial charge is 0.395 e. The molecule has 0 aromatic rings. The third-order valence-corrected chi connectivity index (χ3v) is 1.70. The lowest BCUT2D eigenvalue weighted by molar-refractivity contribution is 0.235. The third-order valence-electron chi connectivity index (χ3n) is 1.70. The van der Waals surface area contributed by atoms with Gasteiger partial charge >= 0.3 is 0 Å². The zero-order valence-electron chi connectivity index (χ0n) is 6.80. The van der Waals surface area contributed by atoms with Gasteiger partial charge in [0.1, 0.15) is 0 Å². The van der Waals surface area contributed by atoms with Crippen LogP contribution in [-0.4, -0.2) is 30.8 Å². The molecular formula is C7H18N2O. The Kier molecular flexibility index (Phi) is 5.58. The van der Waals surface area contributed by atoms with Crippen molar-refractivity contribution in [1.82, 2.24) is 5.32 Å². The van der Waals surface area contributed by atoms with Gasteiger partial charge in [0.15, 0.2) is 0 Å². The molecule has 0 bridgehead atoms. The average molecular weight is 146 g/mol. The van der Waals surface area contributed by atoms with Crippen molar-refractivity contribution in [2.75, 3.05) is 13.7 Å². The molecule has 0 radical (unpaired) electrons. The SMILES string of the molecule is CCCC(NC)C(N)CO. The van der Waals surface area contributed by atoms with Gasteiger partial charge in [-0.1, -0.05) is 13.3 Å². The van der Waals surface area contributed by atoms with Crippen LogP contribution in [0.4, 0.5) is 0 Å². The smallest absolute Gasteiger partial charge is 0.0597 e. The van der Waals surface area contributed by atoms with E-state index in [1.807, 2.05) is 7.05 Å². The summed E-state index contributed by atoms with van der Waals surface area (Å²) < 4.78 is 0. The Labute approximate surface area is 62.6 Å². The van der Waals surface area contributed by atoms with Crippen LogP contribution in [0.2, 0.25) is 0 Å². The molecule has 2 unspecified atom stereocenters. The van der Waals surface area contributed by atoms with Gasteiger partial charge in [-0.3, -0.25) is 0 Å². The Balaban J connectivity index is 3.56. The fourth-order valence-corrected chi connectivity index (χ4v) is 1.01. The highest BCUT2D eigenvalue weighted by atomic mass is 16.3. The molecule has 0 aromatic carbocycles. The van der Waals surface area contributed by atoms with Crippen molar-refractivity contribution in [3.8, 4) is 0 Å². The molecule has 4 N–H and O–H groups in total. The van der Waals surface area contributed by atoms with Crippen LogP contribution in [-0.2, 0) is 0 Å². The number of aliphatic hydroxyl groups excluding tert-OH is 1. The fraction of sp³-hybridized carbons (Fsp3) is 1.00. The molecule has 0 rings (SSSR count). The van der Waals surface area contributed by atoms with E-state index < -0.39 is 0 Å². The first kappa shape index (κ1) is 9.88. The van der Waals surface area contributed by atoms with E-state index in [0.29, 0.717) is 0 Å². The number of likely N-dealkylation sites (N-methyl/N-ethyl adjacent to an activating group) is 1. The molecule has 0 saturated carbocycles. The Hall–Kier alpha value is -0.120. The molecule has 0 saturated heterocycles. The molecule has 0 aliphatic heterocycles. The number of nitrogens with two attached hydrogens (primary N) is 1. The molecule has 3 heteroatoms. The summed E-state index contributed by atoms with van der Waals surface area (Å²) in [5, 5.41) is 11.8. The van der Waals surface area contributed by atoms with Crippen molar-refractivity contribution >= 4 is 0 Å². The maximum atomic E-state index is 8.70. The lowest BCUT2D eigenvalue weighted by Gasteiger charge is -2.20. The second kappa shape index (κ2) is 5.65. The Morgan fingerprint density at radius 2 is 2.20 bits per heavy atom. The van der Waals surface area contributed by atoms with E-state index in [4.69, 9.17) is 10.8 Å². The van der Waals surface area contributed by atoms with Gasteiger partial charge in [0.05, 0.1) is 6.61 Å². The molecular weight excluding hydrogens is 128 g/mol. The van der Waals surface area contributed by atoms with Gasteiger partial charge in [-0.25, -0.2) is 0 Å². The molecule has 0 heterocycles. The maximum absolute atomic E-state index is 8.70. The molecule has 0 aromatic heterocycles. The van der Waals surface area contributed by atoms with Gasteiger partial charge in [0.2, 0.25) is 0 Å². The van der Waals surface area contributed by atoms with Crippen molar-refractivity contribution in [2.45, 2.75) is 31.8 Å². The molecule has 2 atom stereocenters. The minimum Gasteiger partial charge on any atom is -0.395 e. The lowest BCUT2D eigenvalue weighted by Crippen LogP contribution is -2.45. The molecule has 10 heavy (non-hydrogen) atoms. The second-order valence-corrected chi connectivity index (χ2v) is 2.53. The van der Waals surface area contributed by atoms with Crippen LogP contribution in [0.25, 0.3) is 0 Å². The average Bonchev–Trinajstić information content (AvgIpc) is 1.99. The van der Waals surface area contributed by atoms with E-state index in [-0.39, 0.29) is 18.7 Å². The molecule has 0 fully saturated rings. The van der Waals surface area contributed by atoms with E-state index in [1.165, 1.54) is 0 Å². The van der Waals surface area contributed by atoms with Crippen molar-refractivity contribution in [3.05, 3.63) is 0 Å². The first-order chi connectivity index (χ1) is 4.76. The number of nitrogens with one attached hydrogen (secondary N) is 1. The van der Waals surface area contributed by atoms with Gasteiger partial charge < -0.3 is 16.2 Å². The van der Waals surface area contributed by atoms with Gasteiger partial charge in [0, 0.05) is 12.1 Å². The summed E-state index contributed by atoms with van der Waals surface area (Å²) >= 11 is 0. The minimum absolute atomic E-state index is 0.0610. The predicted octanol–water partition coefficient (Wildman–Crippen LogP) is -0.306. The number of hydrogen-bond donors (Lipinski definition) is 3. The van der Waals surface area contributed by atoms with Crippen LogP contribution >= 0.6 is 0 Å². The van der Waals surface area contributed by atoms with E-state index in [9.17, 15) is 0 Å².